The molecule has 0 aliphatic heterocycles. The van der Waals surface area contributed by atoms with Crippen LogP contribution < -0.4 is 23.2 Å². The summed E-state index contributed by atoms with van der Waals surface area (Å²) in [4.78, 5) is 12.6. The van der Waals surface area contributed by atoms with Crippen molar-refractivity contribution >= 4 is 7.82 Å². The third kappa shape index (κ3) is 14.6. The number of phosphoric ester groups is 1. The second-order valence-corrected chi connectivity index (χ2v) is 12.0. The molecule has 0 N–H and O–H groups in total. The van der Waals surface area contributed by atoms with E-state index < -0.39 is 7.82 Å². The molecule has 1 aromatic heterocycles. The van der Waals surface area contributed by atoms with Gasteiger partial charge in [-0.15, -0.1) is 0 Å². The highest BCUT2D eigenvalue weighted by molar-refractivity contribution is 7.46. The third-order valence-corrected chi connectivity index (χ3v) is 7.92. The largest absolute Gasteiger partial charge is 0.736 e. The minimum Gasteiger partial charge on any atom is -0.736 e. The van der Waals surface area contributed by atoms with Gasteiger partial charge in [0.25, 0.3) is 0 Å². The molecule has 3 aromatic rings. The summed E-state index contributed by atoms with van der Waals surface area (Å²) in [6, 6.07) is 19.5. The predicted octanol–water partition coefficient (Wildman–Crippen LogP) is 8.81. The summed E-state index contributed by atoms with van der Waals surface area (Å²) in [6.45, 7) is 3.46. The van der Waals surface area contributed by atoms with E-state index in [1.807, 2.05) is 41.2 Å². The normalized spacial score (nSPS) is 12.5. The summed E-state index contributed by atoms with van der Waals surface area (Å²) in [6.07, 6.45) is 22.3. The fraction of sp³-hybridized carbons (Fsp3) is 0.500. The van der Waals surface area contributed by atoms with Gasteiger partial charge in [0.1, 0.15) is 17.2 Å². The number of phosphoric acid groups is 1. The van der Waals surface area contributed by atoms with Crippen LogP contribution in [0.15, 0.2) is 79.1 Å². The van der Waals surface area contributed by atoms with Crippen LogP contribution in [0.4, 0.5) is 0 Å². The summed E-state index contributed by atoms with van der Waals surface area (Å²) < 4.78 is 30.9. The number of pyridine rings is 1. The lowest BCUT2D eigenvalue weighted by Crippen LogP contribution is -2.32. The Balaban J connectivity index is 1.29. The Morgan fingerprint density at radius 2 is 1.15 bits per heavy atom. The van der Waals surface area contributed by atoms with Gasteiger partial charge in [0, 0.05) is 23.8 Å². The second-order valence-electron chi connectivity index (χ2n) is 10.7. The van der Waals surface area contributed by atoms with E-state index in [0.29, 0.717) is 18.9 Å². The zero-order chi connectivity index (χ0) is 29.0. The van der Waals surface area contributed by atoms with E-state index >= 15 is 0 Å². The molecular weight excluding hydrogens is 533 g/mol. The number of unbranched alkanes of at least 4 members (excludes halogenated alkanes) is 13. The number of benzene rings is 2. The fourth-order valence-corrected chi connectivity index (χ4v) is 5.62. The molecule has 3 rings (SSSR count). The minimum atomic E-state index is -4.63. The quantitative estimate of drug-likeness (QED) is 0.0674. The maximum atomic E-state index is 12.6. The maximum absolute atomic E-state index is 12.6. The van der Waals surface area contributed by atoms with E-state index in [-0.39, 0.29) is 11.5 Å². The molecule has 41 heavy (non-hydrogen) atoms. The fourth-order valence-electron chi connectivity index (χ4n) is 4.84. The lowest BCUT2D eigenvalue weighted by molar-refractivity contribution is -0.688. The average molecular weight is 582 g/mol. The molecule has 0 bridgehead atoms. The topological polar surface area (TPSA) is 71.7 Å². The zero-order valence-electron chi connectivity index (χ0n) is 24.8. The molecule has 1 unspecified atom stereocenters. The van der Waals surface area contributed by atoms with Gasteiger partial charge >= 0.3 is 7.82 Å². The molecule has 1 atom stereocenters. The summed E-state index contributed by atoms with van der Waals surface area (Å²) in [5, 5.41) is 0. The Hall–Kier alpha value is -2.82. The SMILES string of the molecule is CCCCCCCCCCCCCCCCOc1cccc(OP(=O)([O-])Oc2cccc(C[n+]3ccccc3)c2)c1. The minimum absolute atomic E-state index is 0.165. The molecule has 7 heteroatoms. The highest BCUT2D eigenvalue weighted by Gasteiger charge is 2.15. The van der Waals surface area contributed by atoms with Gasteiger partial charge < -0.3 is 18.7 Å². The first-order valence-electron chi connectivity index (χ1n) is 15.5. The molecule has 0 fully saturated rings. The number of rotatable bonds is 22. The van der Waals surface area contributed by atoms with Crippen LogP contribution in [0.3, 0.4) is 0 Å². The number of hydrogen-bond donors (Lipinski definition) is 0. The van der Waals surface area contributed by atoms with Crippen LogP contribution >= 0.6 is 7.82 Å². The molecule has 0 saturated carbocycles. The van der Waals surface area contributed by atoms with Crippen LogP contribution in [-0.4, -0.2) is 6.61 Å². The monoisotopic (exact) mass is 581 g/mol. The Morgan fingerprint density at radius 1 is 0.634 bits per heavy atom. The third-order valence-electron chi connectivity index (χ3n) is 7.05. The lowest BCUT2D eigenvalue weighted by atomic mass is 10.0. The van der Waals surface area contributed by atoms with Crippen LogP contribution in [-0.2, 0) is 11.1 Å². The summed E-state index contributed by atoms with van der Waals surface area (Å²) in [5.74, 6) is 0.958. The van der Waals surface area contributed by atoms with Gasteiger partial charge in [-0.25, -0.2) is 9.13 Å². The van der Waals surface area contributed by atoms with E-state index in [9.17, 15) is 9.46 Å². The molecule has 0 aliphatic carbocycles. The van der Waals surface area contributed by atoms with Crippen LogP contribution in [0, 0.1) is 0 Å². The first kappa shape index (κ1) is 32.7. The van der Waals surface area contributed by atoms with Crippen molar-refractivity contribution in [1.82, 2.24) is 0 Å². The highest BCUT2D eigenvalue weighted by atomic mass is 31.2. The van der Waals surface area contributed by atoms with Crippen molar-refractivity contribution < 1.29 is 27.8 Å². The van der Waals surface area contributed by atoms with Crippen molar-refractivity contribution in [2.75, 3.05) is 6.61 Å². The summed E-state index contributed by atoms with van der Waals surface area (Å²) in [7, 11) is -4.63. The van der Waals surface area contributed by atoms with E-state index in [2.05, 4.69) is 6.92 Å². The number of aromatic nitrogens is 1. The Labute approximate surface area is 247 Å². The van der Waals surface area contributed by atoms with Gasteiger partial charge in [-0.1, -0.05) is 115 Å². The van der Waals surface area contributed by atoms with Gasteiger partial charge in [0.15, 0.2) is 18.9 Å². The lowest BCUT2D eigenvalue weighted by Gasteiger charge is -2.24. The molecule has 224 valence electrons. The molecule has 6 nitrogen and oxygen atoms in total. The van der Waals surface area contributed by atoms with Crippen molar-refractivity contribution in [3.63, 3.8) is 0 Å². The van der Waals surface area contributed by atoms with Crippen molar-refractivity contribution in [1.29, 1.82) is 0 Å². The van der Waals surface area contributed by atoms with E-state index in [0.717, 1.165) is 18.4 Å². The average Bonchev–Trinajstić information content (AvgIpc) is 2.95. The van der Waals surface area contributed by atoms with Crippen LogP contribution in [0.5, 0.6) is 17.2 Å². The van der Waals surface area contributed by atoms with Crippen molar-refractivity contribution in [3.05, 3.63) is 84.7 Å². The van der Waals surface area contributed by atoms with Crippen LogP contribution in [0.1, 0.15) is 102 Å². The smallest absolute Gasteiger partial charge is 0.372 e. The van der Waals surface area contributed by atoms with E-state index in [4.69, 9.17) is 13.8 Å². The van der Waals surface area contributed by atoms with Gasteiger partial charge in [0.05, 0.1) is 6.61 Å². The molecule has 0 radical (unpaired) electrons. The summed E-state index contributed by atoms with van der Waals surface area (Å²) in [5.41, 5.74) is 0.914. The highest BCUT2D eigenvalue weighted by Crippen LogP contribution is 2.41. The Morgan fingerprint density at radius 3 is 1.76 bits per heavy atom. The van der Waals surface area contributed by atoms with E-state index in [1.165, 1.54) is 77.0 Å². The number of hydrogen-bond acceptors (Lipinski definition) is 5. The zero-order valence-corrected chi connectivity index (χ0v) is 25.6. The Bertz CT molecular complexity index is 1160. The number of ether oxygens (including phenoxy) is 1. The molecule has 0 saturated heterocycles. The number of nitrogens with zero attached hydrogens (tertiary/aromatic N) is 1. The predicted molar refractivity (Wildman–Crippen MR) is 163 cm³/mol. The van der Waals surface area contributed by atoms with Crippen LogP contribution in [0.25, 0.3) is 0 Å². The molecule has 0 amide bonds. The van der Waals surface area contributed by atoms with Gasteiger partial charge in [-0.05, 0) is 30.7 Å². The van der Waals surface area contributed by atoms with E-state index in [1.54, 1.807) is 42.5 Å². The molecule has 2 aromatic carbocycles. The first-order valence-corrected chi connectivity index (χ1v) is 17.0. The molecular formula is C34H48NO5P. The van der Waals surface area contributed by atoms with Crippen molar-refractivity contribution in [2.24, 2.45) is 0 Å². The van der Waals surface area contributed by atoms with Crippen LogP contribution in [0.2, 0.25) is 0 Å². The standard InChI is InChI=1S/C34H48NO5P/c1-2-3-4-5-6-7-8-9-10-11-12-13-14-18-27-38-32-22-20-24-34(29-32)40-41(36,37)39-33-23-19-21-31(28-33)30-35-25-16-15-17-26-35/h15-17,19-26,28-29H,2-14,18,27,30H2,1H3. The Kier molecular flexibility index (Phi) is 15.4. The second kappa shape index (κ2) is 19.3. The van der Waals surface area contributed by atoms with Gasteiger partial charge in [0.2, 0.25) is 0 Å². The molecule has 0 aliphatic rings. The van der Waals surface area contributed by atoms with Gasteiger partial charge in [-0.3, -0.25) is 0 Å². The molecule has 0 spiro atoms. The van der Waals surface area contributed by atoms with Gasteiger partial charge in [-0.2, -0.15) is 0 Å². The summed E-state index contributed by atoms with van der Waals surface area (Å²) >= 11 is 0. The van der Waals surface area contributed by atoms with Crippen molar-refractivity contribution in [3.8, 4) is 17.2 Å². The first-order chi connectivity index (χ1) is 20.0. The van der Waals surface area contributed by atoms with Crippen molar-refractivity contribution in [2.45, 2.75) is 103 Å². The maximum Gasteiger partial charge on any atom is 0.372 e. The molecule has 1 heterocycles.